The van der Waals surface area contributed by atoms with Crippen molar-refractivity contribution in [2.45, 2.75) is 25.4 Å². The monoisotopic (exact) mass is 323 g/mol. The summed E-state index contributed by atoms with van der Waals surface area (Å²) >= 11 is 7.50. The Hall–Kier alpha value is -1.36. The summed E-state index contributed by atoms with van der Waals surface area (Å²) in [5, 5.41) is 17.2. The molecule has 0 aliphatic carbocycles. The van der Waals surface area contributed by atoms with Gasteiger partial charge >= 0.3 is 0 Å². The zero-order chi connectivity index (χ0) is 15.5. The normalized spacial score (nSPS) is 13.0. The third-order valence-corrected chi connectivity index (χ3v) is 4.43. The summed E-state index contributed by atoms with van der Waals surface area (Å²) in [6.45, 7) is 3.87. The van der Waals surface area contributed by atoms with Gasteiger partial charge < -0.3 is 10.4 Å². The number of aliphatic hydroxyl groups is 1. The number of carbonyl (C=O) groups excluding carboxylic acids is 1. The predicted molar refractivity (Wildman–Crippen MR) is 86.8 cm³/mol. The summed E-state index contributed by atoms with van der Waals surface area (Å²) in [7, 11) is 0. The minimum atomic E-state index is -0.709. The molecule has 1 heterocycles. The highest BCUT2D eigenvalue weighted by Crippen LogP contribution is 2.26. The van der Waals surface area contributed by atoms with Gasteiger partial charge in [0.25, 0.3) is 0 Å². The van der Waals surface area contributed by atoms with E-state index in [9.17, 15) is 9.90 Å². The van der Waals surface area contributed by atoms with E-state index in [4.69, 9.17) is 11.6 Å². The van der Waals surface area contributed by atoms with Crippen LogP contribution < -0.4 is 5.32 Å². The number of aliphatic hydroxyl groups excluding tert-OH is 1. The van der Waals surface area contributed by atoms with Crippen LogP contribution in [0.2, 0.25) is 5.02 Å². The summed E-state index contributed by atoms with van der Waals surface area (Å²) < 4.78 is 0. The van der Waals surface area contributed by atoms with E-state index in [-0.39, 0.29) is 12.5 Å². The van der Waals surface area contributed by atoms with Gasteiger partial charge in [-0.2, -0.15) is 11.3 Å². The highest BCUT2D eigenvalue weighted by Gasteiger charge is 2.30. The Labute approximate surface area is 133 Å². The highest BCUT2D eigenvalue weighted by atomic mass is 35.5. The molecule has 0 saturated carbocycles. The fraction of sp³-hybridized carbons (Fsp3) is 0.312. The van der Waals surface area contributed by atoms with Crippen molar-refractivity contribution in [1.29, 1.82) is 0 Å². The third-order valence-electron chi connectivity index (χ3n) is 3.50. The van der Waals surface area contributed by atoms with E-state index in [0.29, 0.717) is 5.02 Å². The van der Waals surface area contributed by atoms with E-state index in [1.54, 1.807) is 12.1 Å². The molecule has 112 valence electrons. The van der Waals surface area contributed by atoms with Gasteiger partial charge in [0.05, 0.1) is 11.5 Å². The summed E-state index contributed by atoms with van der Waals surface area (Å²) in [5.41, 5.74) is 0.956. The molecule has 0 fully saturated rings. The van der Waals surface area contributed by atoms with E-state index < -0.39 is 11.5 Å². The van der Waals surface area contributed by atoms with E-state index in [0.717, 1.165) is 11.1 Å². The van der Waals surface area contributed by atoms with Crippen molar-refractivity contribution in [2.75, 3.05) is 6.54 Å². The van der Waals surface area contributed by atoms with E-state index in [2.05, 4.69) is 5.32 Å². The Kier molecular flexibility index (Phi) is 5.04. The maximum Gasteiger partial charge on any atom is 0.230 e. The summed E-state index contributed by atoms with van der Waals surface area (Å²) in [4.78, 5) is 12.4. The molecule has 1 amide bonds. The summed E-state index contributed by atoms with van der Waals surface area (Å²) in [5.74, 6) is -0.140. The molecule has 0 aliphatic rings. The molecule has 5 heteroatoms. The molecule has 0 bridgehead atoms. The summed E-state index contributed by atoms with van der Waals surface area (Å²) in [6, 6.07) is 9.12. The molecule has 1 atom stereocenters. The number of amides is 1. The van der Waals surface area contributed by atoms with Gasteiger partial charge in [-0.25, -0.2) is 0 Å². The maximum absolute atomic E-state index is 12.4. The van der Waals surface area contributed by atoms with E-state index >= 15 is 0 Å². The standard InChI is InChI=1S/C16H18ClNO2S/c1-16(2,12-4-3-5-13(17)8-12)15(20)18-9-14(19)11-6-7-21-10-11/h3-8,10,14,19H,9H2,1-2H3,(H,18,20)/t14-/m0/s1. The van der Waals surface area contributed by atoms with Crippen LogP contribution in [0, 0.1) is 0 Å². The smallest absolute Gasteiger partial charge is 0.230 e. The van der Waals surface area contributed by atoms with Crippen LogP contribution in [0.3, 0.4) is 0 Å². The number of carbonyl (C=O) groups is 1. The van der Waals surface area contributed by atoms with Gasteiger partial charge in [0, 0.05) is 11.6 Å². The maximum atomic E-state index is 12.4. The number of hydrogen-bond acceptors (Lipinski definition) is 3. The Bertz CT molecular complexity index is 610. The zero-order valence-electron chi connectivity index (χ0n) is 12.0. The Balaban J connectivity index is 2.02. The van der Waals surface area contributed by atoms with Gasteiger partial charge in [0.15, 0.2) is 0 Å². The SMILES string of the molecule is CC(C)(C(=O)NC[C@H](O)c1ccsc1)c1cccc(Cl)c1. The minimum Gasteiger partial charge on any atom is -0.387 e. The van der Waals surface area contributed by atoms with Crippen LogP contribution in [0.1, 0.15) is 31.1 Å². The van der Waals surface area contributed by atoms with Crippen molar-refractivity contribution in [3.8, 4) is 0 Å². The number of nitrogens with one attached hydrogen (secondary N) is 1. The van der Waals surface area contributed by atoms with Crippen molar-refractivity contribution in [2.24, 2.45) is 0 Å². The van der Waals surface area contributed by atoms with Crippen molar-refractivity contribution in [1.82, 2.24) is 5.32 Å². The van der Waals surface area contributed by atoms with Crippen LogP contribution in [-0.4, -0.2) is 17.6 Å². The Morgan fingerprint density at radius 3 is 2.81 bits per heavy atom. The van der Waals surface area contributed by atoms with Gasteiger partial charge in [0.2, 0.25) is 5.91 Å². The zero-order valence-corrected chi connectivity index (χ0v) is 13.5. The highest BCUT2D eigenvalue weighted by molar-refractivity contribution is 7.07. The molecule has 21 heavy (non-hydrogen) atoms. The lowest BCUT2D eigenvalue weighted by atomic mass is 9.83. The first kappa shape index (κ1) is 16.0. The van der Waals surface area contributed by atoms with E-state index in [1.165, 1.54) is 11.3 Å². The van der Waals surface area contributed by atoms with Crippen LogP contribution in [0.15, 0.2) is 41.1 Å². The molecule has 2 aromatic rings. The first-order valence-electron chi connectivity index (χ1n) is 6.66. The predicted octanol–water partition coefficient (Wildman–Crippen LogP) is 3.53. The molecule has 0 aliphatic heterocycles. The van der Waals surface area contributed by atoms with Crippen molar-refractivity contribution < 1.29 is 9.90 Å². The molecule has 0 saturated heterocycles. The average Bonchev–Trinajstić information content (AvgIpc) is 2.98. The molecule has 0 spiro atoms. The van der Waals surface area contributed by atoms with Crippen LogP contribution in [0.25, 0.3) is 0 Å². The molecule has 1 aromatic carbocycles. The fourth-order valence-corrected chi connectivity index (χ4v) is 2.90. The Morgan fingerprint density at radius 1 is 1.43 bits per heavy atom. The first-order chi connectivity index (χ1) is 9.91. The number of benzene rings is 1. The quantitative estimate of drug-likeness (QED) is 0.884. The van der Waals surface area contributed by atoms with Crippen LogP contribution in [0.4, 0.5) is 0 Å². The second-order valence-electron chi connectivity index (χ2n) is 5.42. The van der Waals surface area contributed by atoms with Gasteiger partial charge in [-0.15, -0.1) is 0 Å². The Morgan fingerprint density at radius 2 is 2.19 bits per heavy atom. The first-order valence-corrected chi connectivity index (χ1v) is 7.98. The molecule has 2 rings (SSSR count). The topological polar surface area (TPSA) is 49.3 Å². The van der Waals surface area contributed by atoms with Crippen LogP contribution in [0.5, 0.6) is 0 Å². The minimum absolute atomic E-state index is 0.140. The molecule has 2 N–H and O–H groups in total. The molecule has 3 nitrogen and oxygen atoms in total. The third kappa shape index (κ3) is 3.84. The van der Waals surface area contributed by atoms with Gasteiger partial charge in [-0.05, 0) is 53.9 Å². The van der Waals surface area contributed by atoms with Crippen molar-refractivity contribution in [3.05, 3.63) is 57.2 Å². The number of hydrogen-bond donors (Lipinski definition) is 2. The van der Waals surface area contributed by atoms with E-state index in [1.807, 2.05) is 42.8 Å². The lowest BCUT2D eigenvalue weighted by molar-refractivity contribution is -0.126. The second-order valence-corrected chi connectivity index (χ2v) is 6.63. The van der Waals surface area contributed by atoms with Crippen molar-refractivity contribution in [3.63, 3.8) is 0 Å². The lowest BCUT2D eigenvalue weighted by Gasteiger charge is -2.25. The van der Waals surface area contributed by atoms with Crippen LogP contribution in [-0.2, 0) is 10.2 Å². The number of halogens is 1. The molecule has 1 aromatic heterocycles. The molecule has 0 radical (unpaired) electrons. The average molecular weight is 324 g/mol. The van der Waals surface area contributed by atoms with Gasteiger partial charge in [-0.1, -0.05) is 23.7 Å². The number of rotatable bonds is 5. The second kappa shape index (κ2) is 6.60. The van der Waals surface area contributed by atoms with Crippen LogP contribution >= 0.6 is 22.9 Å². The fourth-order valence-electron chi connectivity index (χ4n) is 2.00. The van der Waals surface area contributed by atoms with Gasteiger partial charge in [0.1, 0.15) is 0 Å². The number of thiophene rings is 1. The summed E-state index contributed by atoms with van der Waals surface area (Å²) in [6.07, 6.45) is -0.685. The molecular formula is C16H18ClNO2S. The molecule has 0 unspecified atom stereocenters. The lowest BCUT2D eigenvalue weighted by Crippen LogP contribution is -2.41. The van der Waals surface area contributed by atoms with Crippen molar-refractivity contribution >= 4 is 28.8 Å². The van der Waals surface area contributed by atoms with Gasteiger partial charge in [-0.3, -0.25) is 4.79 Å². The molecular weight excluding hydrogens is 306 g/mol. The largest absolute Gasteiger partial charge is 0.387 e.